The van der Waals surface area contributed by atoms with E-state index in [1.54, 1.807) is 11.3 Å². The minimum absolute atomic E-state index is 0.0163. The van der Waals surface area contributed by atoms with Gasteiger partial charge in [-0.05, 0) is 44.3 Å². The number of amides is 1. The van der Waals surface area contributed by atoms with Gasteiger partial charge in [-0.15, -0.1) is 11.3 Å². The van der Waals surface area contributed by atoms with Crippen LogP contribution in [0.1, 0.15) is 31.1 Å². The van der Waals surface area contributed by atoms with Crippen LogP contribution in [0.3, 0.4) is 0 Å². The second-order valence-electron chi connectivity index (χ2n) is 5.53. The van der Waals surface area contributed by atoms with Crippen molar-refractivity contribution in [3.8, 4) is 0 Å². The van der Waals surface area contributed by atoms with Crippen molar-refractivity contribution < 1.29 is 4.79 Å². The fourth-order valence-electron chi connectivity index (χ4n) is 2.68. The molecule has 4 heteroatoms. The summed E-state index contributed by atoms with van der Waals surface area (Å²) in [6.07, 6.45) is 1.15. The van der Waals surface area contributed by atoms with Crippen molar-refractivity contribution in [2.45, 2.75) is 26.2 Å². The molecule has 106 valence electrons. The lowest BCUT2D eigenvalue weighted by Gasteiger charge is -2.22. The first kappa shape index (κ1) is 14.5. The monoisotopic (exact) mass is 280 g/mol. The van der Waals surface area contributed by atoms with Crippen LogP contribution in [0.2, 0.25) is 0 Å². The Morgan fingerprint density at radius 3 is 3.05 bits per heavy atom. The molecule has 19 heavy (non-hydrogen) atoms. The Bertz CT molecular complexity index is 404. The van der Waals surface area contributed by atoms with Crippen LogP contribution in [-0.4, -0.2) is 48.9 Å². The Labute approximate surface area is 120 Å². The third-order valence-electron chi connectivity index (χ3n) is 4.05. The average molecular weight is 280 g/mol. The fourth-order valence-corrected chi connectivity index (χ4v) is 3.46. The second-order valence-corrected chi connectivity index (χ2v) is 6.51. The van der Waals surface area contributed by atoms with Gasteiger partial charge in [-0.3, -0.25) is 4.79 Å². The number of carbonyl (C=O) groups excluding carboxylic acids is 1. The zero-order chi connectivity index (χ0) is 13.8. The fraction of sp³-hybridized carbons (Fsp3) is 0.667. The van der Waals surface area contributed by atoms with Gasteiger partial charge in [0.1, 0.15) is 0 Å². The zero-order valence-corrected chi connectivity index (χ0v) is 12.9. The molecule has 2 unspecified atom stereocenters. The predicted octanol–water partition coefficient (Wildman–Crippen LogP) is 2.65. The van der Waals surface area contributed by atoms with E-state index in [0.29, 0.717) is 11.8 Å². The Balaban J connectivity index is 1.88. The Kier molecular flexibility index (Phi) is 4.99. The van der Waals surface area contributed by atoms with E-state index in [2.05, 4.69) is 29.8 Å². The molecular formula is C15H24N2OS. The summed E-state index contributed by atoms with van der Waals surface area (Å²) in [5.41, 5.74) is 0. The van der Waals surface area contributed by atoms with Crippen LogP contribution in [0.5, 0.6) is 0 Å². The molecule has 1 saturated heterocycles. The number of hydrogen-bond donors (Lipinski definition) is 0. The van der Waals surface area contributed by atoms with Crippen molar-refractivity contribution in [1.82, 2.24) is 9.80 Å². The summed E-state index contributed by atoms with van der Waals surface area (Å²) in [6, 6.07) is 4.08. The standard InChI is InChI=1S/C15H24N2OS/c1-4-16(3)10-13-7-8-17(11-13)15(18)12(2)14-6-5-9-19-14/h5-6,9,12-13H,4,7-8,10-11H2,1-3H3. The van der Waals surface area contributed by atoms with E-state index in [9.17, 15) is 4.79 Å². The Morgan fingerprint density at radius 1 is 1.63 bits per heavy atom. The highest BCUT2D eigenvalue weighted by Crippen LogP contribution is 2.26. The Morgan fingerprint density at radius 2 is 2.42 bits per heavy atom. The van der Waals surface area contributed by atoms with Gasteiger partial charge >= 0.3 is 0 Å². The quantitative estimate of drug-likeness (QED) is 0.828. The van der Waals surface area contributed by atoms with E-state index in [0.717, 1.165) is 32.6 Å². The molecule has 1 fully saturated rings. The van der Waals surface area contributed by atoms with Crippen molar-refractivity contribution in [3.05, 3.63) is 22.4 Å². The lowest BCUT2D eigenvalue weighted by Crippen LogP contribution is -2.33. The number of rotatable bonds is 5. The van der Waals surface area contributed by atoms with E-state index in [1.165, 1.54) is 4.88 Å². The van der Waals surface area contributed by atoms with Crippen LogP contribution in [0.4, 0.5) is 0 Å². The molecule has 1 aliphatic rings. The maximum Gasteiger partial charge on any atom is 0.230 e. The van der Waals surface area contributed by atoms with E-state index in [1.807, 2.05) is 18.4 Å². The first-order valence-electron chi connectivity index (χ1n) is 7.12. The molecule has 3 nitrogen and oxygen atoms in total. The molecule has 0 N–H and O–H groups in total. The van der Waals surface area contributed by atoms with Crippen LogP contribution < -0.4 is 0 Å². The molecule has 1 aromatic rings. The number of hydrogen-bond acceptors (Lipinski definition) is 3. The molecule has 0 aliphatic carbocycles. The summed E-state index contributed by atoms with van der Waals surface area (Å²) in [5.74, 6) is 0.955. The highest BCUT2D eigenvalue weighted by molar-refractivity contribution is 7.10. The maximum atomic E-state index is 12.5. The maximum absolute atomic E-state index is 12.5. The molecule has 1 amide bonds. The van der Waals surface area contributed by atoms with Crippen molar-refractivity contribution in [2.24, 2.45) is 5.92 Å². The van der Waals surface area contributed by atoms with E-state index < -0.39 is 0 Å². The minimum atomic E-state index is 0.0163. The summed E-state index contributed by atoms with van der Waals surface area (Å²) in [5, 5.41) is 2.04. The number of nitrogens with zero attached hydrogens (tertiary/aromatic N) is 2. The van der Waals surface area contributed by atoms with Gasteiger partial charge in [0.05, 0.1) is 5.92 Å². The van der Waals surface area contributed by atoms with Crippen molar-refractivity contribution in [2.75, 3.05) is 33.2 Å². The van der Waals surface area contributed by atoms with Crippen LogP contribution in [0.15, 0.2) is 17.5 Å². The molecule has 0 bridgehead atoms. The summed E-state index contributed by atoms with van der Waals surface area (Å²) in [7, 11) is 2.15. The van der Waals surface area contributed by atoms with Gasteiger partial charge in [-0.1, -0.05) is 13.0 Å². The predicted molar refractivity (Wildman–Crippen MR) is 80.6 cm³/mol. The molecule has 2 atom stereocenters. The molecule has 0 saturated carbocycles. The summed E-state index contributed by atoms with van der Waals surface area (Å²) >= 11 is 1.68. The normalized spacial score (nSPS) is 21.1. The molecule has 0 aromatic carbocycles. The van der Waals surface area contributed by atoms with Gasteiger partial charge in [0.25, 0.3) is 0 Å². The molecule has 0 radical (unpaired) electrons. The van der Waals surface area contributed by atoms with Gasteiger partial charge in [0.2, 0.25) is 5.91 Å². The van der Waals surface area contributed by atoms with E-state index in [4.69, 9.17) is 0 Å². The third kappa shape index (κ3) is 3.57. The van der Waals surface area contributed by atoms with Gasteiger partial charge in [0.15, 0.2) is 0 Å². The first-order valence-corrected chi connectivity index (χ1v) is 8.00. The molecule has 2 rings (SSSR count). The minimum Gasteiger partial charge on any atom is -0.342 e. The van der Waals surface area contributed by atoms with Crippen LogP contribution in [0, 0.1) is 5.92 Å². The third-order valence-corrected chi connectivity index (χ3v) is 5.10. The van der Waals surface area contributed by atoms with Gasteiger partial charge in [0, 0.05) is 24.5 Å². The largest absolute Gasteiger partial charge is 0.342 e. The van der Waals surface area contributed by atoms with E-state index >= 15 is 0 Å². The van der Waals surface area contributed by atoms with Crippen molar-refractivity contribution >= 4 is 17.2 Å². The zero-order valence-electron chi connectivity index (χ0n) is 12.1. The average Bonchev–Trinajstić information content (AvgIpc) is 3.07. The van der Waals surface area contributed by atoms with Crippen LogP contribution in [0.25, 0.3) is 0 Å². The highest BCUT2D eigenvalue weighted by Gasteiger charge is 2.30. The number of carbonyl (C=O) groups is 1. The molecular weight excluding hydrogens is 256 g/mol. The summed E-state index contributed by atoms with van der Waals surface area (Å²) in [4.78, 5) is 18.0. The van der Waals surface area contributed by atoms with Crippen molar-refractivity contribution in [3.63, 3.8) is 0 Å². The lowest BCUT2D eigenvalue weighted by molar-refractivity contribution is -0.131. The molecule has 2 heterocycles. The van der Waals surface area contributed by atoms with Crippen molar-refractivity contribution in [1.29, 1.82) is 0 Å². The summed E-state index contributed by atoms with van der Waals surface area (Å²) in [6.45, 7) is 8.25. The highest BCUT2D eigenvalue weighted by atomic mass is 32.1. The molecule has 1 aromatic heterocycles. The van der Waals surface area contributed by atoms with Gasteiger partial charge < -0.3 is 9.80 Å². The second kappa shape index (κ2) is 6.53. The van der Waals surface area contributed by atoms with Gasteiger partial charge in [-0.2, -0.15) is 0 Å². The Hall–Kier alpha value is -0.870. The topological polar surface area (TPSA) is 23.6 Å². The van der Waals surface area contributed by atoms with E-state index in [-0.39, 0.29) is 5.92 Å². The van der Waals surface area contributed by atoms with Crippen LogP contribution in [-0.2, 0) is 4.79 Å². The molecule has 1 aliphatic heterocycles. The lowest BCUT2D eigenvalue weighted by atomic mass is 10.1. The number of likely N-dealkylation sites (tertiary alicyclic amines) is 1. The smallest absolute Gasteiger partial charge is 0.230 e. The first-order chi connectivity index (χ1) is 9.11. The molecule has 0 spiro atoms. The van der Waals surface area contributed by atoms with Gasteiger partial charge in [-0.25, -0.2) is 0 Å². The summed E-state index contributed by atoms with van der Waals surface area (Å²) < 4.78 is 0. The van der Waals surface area contributed by atoms with Crippen LogP contribution >= 0.6 is 11.3 Å². The number of thiophene rings is 1. The SMILES string of the molecule is CCN(C)CC1CCN(C(=O)C(C)c2cccs2)C1.